The molecule has 0 radical (unpaired) electrons. The quantitative estimate of drug-likeness (QED) is 0.498. The first-order valence-corrected chi connectivity index (χ1v) is 6.19. The smallest absolute Gasteiger partial charge is 0.313 e. The highest BCUT2D eigenvalue weighted by molar-refractivity contribution is 7.80. The number of benzene rings is 1. The molecule has 2 rings (SSSR count). The topological polar surface area (TPSA) is 52.4 Å². The average Bonchev–Trinajstić information content (AvgIpc) is 3.06. The van der Waals surface area contributed by atoms with Crippen LogP contribution in [-0.4, -0.2) is 17.3 Å². The number of thiol groups is 1. The number of hydrogen-bond donors (Lipinski definition) is 1. The minimum absolute atomic E-state index is 0.0717. The fourth-order valence-electron chi connectivity index (χ4n) is 1.74. The van der Waals surface area contributed by atoms with Gasteiger partial charge in [0.05, 0.1) is 11.5 Å². The van der Waals surface area contributed by atoms with E-state index >= 15 is 0 Å². The Morgan fingerprint density at radius 1 is 1.53 bits per heavy atom. The Morgan fingerprint density at radius 2 is 2.24 bits per heavy atom. The van der Waals surface area contributed by atoms with Gasteiger partial charge in [-0.1, -0.05) is 12.1 Å². The molecule has 1 aliphatic carbocycles. The zero-order valence-electron chi connectivity index (χ0n) is 9.68. The highest BCUT2D eigenvalue weighted by atomic mass is 32.1. The third-order valence-corrected chi connectivity index (χ3v) is 3.88. The van der Waals surface area contributed by atoms with Gasteiger partial charge >= 0.3 is 5.69 Å². The van der Waals surface area contributed by atoms with E-state index in [2.05, 4.69) is 12.6 Å². The molecule has 1 aromatic rings. The summed E-state index contributed by atoms with van der Waals surface area (Å²) >= 11 is 4.28. The summed E-state index contributed by atoms with van der Waals surface area (Å²) < 4.78 is 5.61. The molecular formula is C12H15NO3S. The van der Waals surface area contributed by atoms with Crippen LogP contribution < -0.4 is 4.74 Å². The summed E-state index contributed by atoms with van der Waals surface area (Å²) in [4.78, 5) is 10.6. The second-order valence-corrected chi connectivity index (χ2v) is 4.94. The van der Waals surface area contributed by atoms with Gasteiger partial charge in [0.15, 0.2) is 5.75 Å². The van der Waals surface area contributed by atoms with E-state index in [9.17, 15) is 10.1 Å². The lowest BCUT2D eigenvalue weighted by molar-refractivity contribution is -0.386. The molecule has 92 valence electrons. The van der Waals surface area contributed by atoms with Crippen molar-refractivity contribution < 1.29 is 9.66 Å². The lowest BCUT2D eigenvalue weighted by Gasteiger charge is -2.14. The Balaban J connectivity index is 2.15. The van der Waals surface area contributed by atoms with Crippen LogP contribution in [0, 0.1) is 22.5 Å². The number of aryl methyl sites for hydroxylation is 1. The predicted molar refractivity (Wildman–Crippen MR) is 68.8 cm³/mol. The molecule has 0 heterocycles. The number of nitrogens with zero attached hydrogens (tertiary/aromatic N) is 1. The van der Waals surface area contributed by atoms with Crippen molar-refractivity contribution in [2.45, 2.75) is 19.8 Å². The van der Waals surface area contributed by atoms with Crippen molar-refractivity contribution >= 4 is 18.3 Å². The van der Waals surface area contributed by atoms with Crippen molar-refractivity contribution in [3.05, 3.63) is 33.9 Å². The van der Waals surface area contributed by atoms with E-state index < -0.39 is 0 Å². The van der Waals surface area contributed by atoms with Crippen LogP contribution in [0.1, 0.15) is 18.4 Å². The van der Waals surface area contributed by atoms with Gasteiger partial charge < -0.3 is 4.74 Å². The first-order chi connectivity index (χ1) is 8.08. The average molecular weight is 253 g/mol. The van der Waals surface area contributed by atoms with Crippen LogP contribution in [0.3, 0.4) is 0 Å². The summed E-state index contributed by atoms with van der Waals surface area (Å²) in [5, 5.41) is 11.0. The highest BCUT2D eigenvalue weighted by Gasteiger charge is 2.42. The lowest BCUT2D eigenvalue weighted by Crippen LogP contribution is -2.15. The van der Waals surface area contributed by atoms with Crippen molar-refractivity contribution in [2.24, 2.45) is 5.41 Å². The van der Waals surface area contributed by atoms with Gasteiger partial charge in [-0.3, -0.25) is 10.1 Å². The summed E-state index contributed by atoms with van der Waals surface area (Å²) in [6, 6.07) is 5.15. The van der Waals surface area contributed by atoms with Gasteiger partial charge in [0.25, 0.3) is 0 Å². The van der Waals surface area contributed by atoms with E-state index in [-0.39, 0.29) is 16.0 Å². The van der Waals surface area contributed by atoms with Crippen LogP contribution in [0.15, 0.2) is 18.2 Å². The second kappa shape index (κ2) is 4.56. The summed E-state index contributed by atoms with van der Waals surface area (Å²) in [7, 11) is 0. The number of nitro groups is 1. The van der Waals surface area contributed by atoms with Gasteiger partial charge in [0, 0.05) is 11.0 Å². The molecule has 1 fully saturated rings. The Labute approximate surface area is 106 Å². The van der Waals surface area contributed by atoms with Crippen molar-refractivity contribution in [3.63, 3.8) is 0 Å². The van der Waals surface area contributed by atoms with Crippen LogP contribution in [0.25, 0.3) is 0 Å². The lowest BCUT2D eigenvalue weighted by atomic mass is 10.1. The SMILES string of the molecule is Cc1cccc(OCC2(CS)CC2)c1[N+](=O)[O-]. The molecular weight excluding hydrogens is 238 g/mol. The molecule has 1 saturated carbocycles. The van der Waals surface area contributed by atoms with Crippen molar-refractivity contribution in [1.29, 1.82) is 0 Å². The molecule has 0 N–H and O–H groups in total. The number of nitro benzene ring substituents is 1. The molecule has 0 aromatic heterocycles. The van der Waals surface area contributed by atoms with Gasteiger partial charge in [0.1, 0.15) is 0 Å². The molecule has 1 aliphatic rings. The normalized spacial score (nSPS) is 16.6. The van der Waals surface area contributed by atoms with Gasteiger partial charge in [-0.05, 0) is 31.6 Å². The molecule has 0 bridgehead atoms. The number of ether oxygens (including phenoxy) is 1. The van der Waals surface area contributed by atoms with Gasteiger partial charge in [0.2, 0.25) is 0 Å². The molecule has 0 spiro atoms. The summed E-state index contributed by atoms with van der Waals surface area (Å²) in [5.74, 6) is 1.13. The molecule has 0 saturated heterocycles. The molecule has 0 aliphatic heterocycles. The molecule has 1 aromatic carbocycles. The van der Waals surface area contributed by atoms with Crippen LogP contribution in [-0.2, 0) is 0 Å². The molecule has 0 atom stereocenters. The predicted octanol–water partition coefficient (Wildman–Crippen LogP) is 2.99. The van der Waals surface area contributed by atoms with Crippen molar-refractivity contribution in [3.8, 4) is 5.75 Å². The van der Waals surface area contributed by atoms with Crippen LogP contribution in [0.4, 0.5) is 5.69 Å². The fraction of sp³-hybridized carbons (Fsp3) is 0.500. The van der Waals surface area contributed by atoms with Gasteiger partial charge in [-0.15, -0.1) is 0 Å². The molecule has 4 nitrogen and oxygen atoms in total. The van der Waals surface area contributed by atoms with Crippen LogP contribution in [0.2, 0.25) is 0 Å². The van der Waals surface area contributed by atoms with E-state index in [0.717, 1.165) is 18.6 Å². The first-order valence-electron chi connectivity index (χ1n) is 5.56. The second-order valence-electron chi connectivity index (χ2n) is 4.63. The number of hydrogen-bond acceptors (Lipinski definition) is 4. The van der Waals surface area contributed by atoms with E-state index in [4.69, 9.17) is 4.74 Å². The largest absolute Gasteiger partial charge is 0.486 e. The number of para-hydroxylation sites is 1. The Kier molecular flexibility index (Phi) is 3.28. The van der Waals surface area contributed by atoms with Crippen LogP contribution in [0.5, 0.6) is 5.75 Å². The minimum Gasteiger partial charge on any atom is -0.486 e. The van der Waals surface area contributed by atoms with E-state index in [1.54, 1.807) is 25.1 Å². The maximum absolute atomic E-state index is 11.0. The first kappa shape index (κ1) is 12.2. The summed E-state index contributed by atoms with van der Waals surface area (Å²) in [6.07, 6.45) is 2.19. The molecule has 5 heteroatoms. The highest BCUT2D eigenvalue weighted by Crippen LogP contribution is 2.47. The van der Waals surface area contributed by atoms with Crippen molar-refractivity contribution in [2.75, 3.05) is 12.4 Å². The van der Waals surface area contributed by atoms with Crippen molar-refractivity contribution in [1.82, 2.24) is 0 Å². The zero-order chi connectivity index (χ0) is 12.5. The Bertz CT molecular complexity index is 443. The molecule has 0 amide bonds. The van der Waals surface area contributed by atoms with Gasteiger partial charge in [-0.25, -0.2) is 0 Å². The van der Waals surface area contributed by atoms with E-state index in [1.165, 1.54) is 0 Å². The maximum Gasteiger partial charge on any atom is 0.313 e. The van der Waals surface area contributed by atoms with E-state index in [0.29, 0.717) is 17.9 Å². The molecule has 17 heavy (non-hydrogen) atoms. The van der Waals surface area contributed by atoms with Crippen LogP contribution >= 0.6 is 12.6 Å². The van der Waals surface area contributed by atoms with E-state index in [1.807, 2.05) is 0 Å². The standard InChI is InChI=1S/C12H15NO3S/c1-9-3-2-4-10(11(9)13(14)15)16-7-12(8-17)5-6-12/h2-4,17H,5-8H2,1H3. The zero-order valence-corrected chi connectivity index (χ0v) is 10.6. The number of rotatable bonds is 5. The Hall–Kier alpha value is -1.23. The monoisotopic (exact) mass is 253 g/mol. The Morgan fingerprint density at radius 3 is 2.76 bits per heavy atom. The maximum atomic E-state index is 11.0. The third kappa shape index (κ3) is 2.54. The van der Waals surface area contributed by atoms with Gasteiger partial charge in [-0.2, -0.15) is 12.6 Å². The molecule has 0 unspecified atom stereocenters. The summed E-state index contributed by atoms with van der Waals surface area (Å²) in [6.45, 7) is 2.23. The fourth-order valence-corrected chi connectivity index (χ4v) is 2.15. The third-order valence-electron chi connectivity index (χ3n) is 3.21. The minimum atomic E-state index is -0.384. The summed E-state index contributed by atoms with van der Waals surface area (Å²) in [5.41, 5.74) is 0.839.